The van der Waals surface area contributed by atoms with Crippen molar-refractivity contribution in [2.75, 3.05) is 10.6 Å². The fourth-order valence-electron chi connectivity index (χ4n) is 4.62. The molecule has 6 rings (SSSR count). The van der Waals surface area contributed by atoms with Gasteiger partial charge < -0.3 is 10.6 Å². The number of anilines is 2. The lowest BCUT2D eigenvalue weighted by Crippen LogP contribution is -2.12. The molecule has 0 saturated heterocycles. The van der Waals surface area contributed by atoms with Crippen molar-refractivity contribution in [1.82, 2.24) is 14.8 Å². The van der Waals surface area contributed by atoms with Crippen LogP contribution in [0.3, 0.4) is 0 Å². The fourth-order valence-corrected chi connectivity index (χ4v) is 6.00. The molecular weight excluding hydrogens is 518 g/mol. The van der Waals surface area contributed by atoms with Gasteiger partial charge >= 0.3 is 0 Å². The maximum atomic E-state index is 12.9. The average molecular weight is 540 g/mol. The van der Waals surface area contributed by atoms with E-state index in [2.05, 4.69) is 15.6 Å². The number of nitrogens with one attached hydrogen (secondary N) is 2. The number of hydrogen-bond donors (Lipinski definition) is 2. The molecule has 188 valence electrons. The second-order valence-corrected chi connectivity index (χ2v) is 10.3. The smallest absolute Gasteiger partial charge is 0.255 e. The number of rotatable bonds is 5. The number of aryl methyl sites for hydroxylation is 1. The molecule has 38 heavy (non-hydrogen) atoms. The SMILES string of the molecule is CC(=O)Nc1nc2c(s1)-c1c(c(-c3ccccc3)nn1-c1ccc(C(=O)Nc3ccccc3)cc1Cl)CC2. The van der Waals surface area contributed by atoms with Gasteiger partial charge in [0.1, 0.15) is 0 Å². The van der Waals surface area contributed by atoms with E-state index in [9.17, 15) is 9.59 Å². The standard InChI is InChI=1S/C29H22ClN5O2S/c1-17(36)31-29-33-23-14-13-21-25(18-8-4-2-5-9-18)34-35(26(21)27(23)38-29)24-15-12-19(16-22(24)30)28(37)32-20-10-6-3-7-11-20/h2-12,15-16H,13-14H2,1H3,(H,32,37)(H,31,33,36). The highest BCUT2D eigenvalue weighted by Crippen LogP contribution is 2.44. The Hall–Kier alpha value is -4.27. The van der Waals surface area contributed by atoms with Crippen molar-refractivity contribution in [1.29, 1.82) is 0 Å². The van der Waals surface area contributed by atoms with E-state index in [0.29, 0.717) is 27.1 Å². The number of fused-ring (bicyclic) bond motifs is 3. The van der Waals surface area contributed by atoms with Crippen LogP contribution in [0.15, 0.2) is 78.9 Å². The highest BCUT2D eigenvalue weighted by molar-refractivity contribution is 7.19. The van der Waals surface area contributed by atoms with Gasteiger partial charge in [-0.05, 0) is 43.2 Å². The topological polar surface area (TPSA) is 88.9 Å². The summed E-state index contributed by atoms with van der Waals surface area (Å²) in [5.41, 5.74) is 6.62. The van der Waals surface area contributed by atoms with Crippen LogP contribution in [0.25, 0.3) is 27.5 Å². The zero-order valence-corrected chi connectivity index (χ0v) is 21.9. The third kappa shape index (κ3) is 4.49. The molecule has 0 saturated carbocycles. The summed E-state index contributed by atoms with van der Waals surface area (Å²) < 4.78 is 1.84. The minimum Gasteiger partial charge on any atom is -0.322 e. The molecule has 1 aliphatic rings. The number of carbonyl (C=O) groups excluding carboxylic acids is 2. The van der Waals surface area contributed by atoms with E-state index in [1.807, 2.05) is 71.4 Å². The Balaban J connectivity index is 1.45. The van der Waals surface area contributed by atoms with Crippen molar-refractivity contribution < 1.29 is 9.59 Å². The summed E-state index contributed by atoms with van der Waals surface area (Å²) in [7, 11) is 0. The maximum absolute atomic E-state index is 12.9. The lowest BCUT2D eigenvalue weighted by atomic mass is 9.95. The van der Waals surface area contributed by atoms with Crippen LogP contribution in [0.1, 0.15) is 28.5 Å². The summed E-state index contributed by atoms with van der Waals surface area (Å²) in [4.78, 5) is 30.2. The molecule has 0 atom stereocenters. The molecule has 0 aliphatic heterocycles. The number of para-hydroxylation sites is 1. The van der Waals surface area contributed by atoms with E-state index in [4.69, 9.17) is 16.7 Å². The first-order valence-corrected chi connectivity index (χ1v) is 13.3. The summed E-state index contributed by atoms with van der Waals surface area (Å²) in [5, 5.41) is 11.7. The molecule has 3 aromatic carbocycles. The Bertz CT molecular complexity index is 1680. The predicted molar refractivity (Wildman–Crippen MR) is 151 cm³/mol. The van der Waals surface area contributed by atoms with Crippen LogP contribution in [0.4, 0.5) is 10.8 Å². The Morgan fingerprint density at radius 1 is 0.947 bits per heavy atom. The average Bonchev–Trinajstić information content (AvgIpc) is 3.50. The minimum atomic E-state index is -0.248. The zero-order chi connectivity index (χ0) is 26.2. The largest absolute Gasteiger partial charge is 0.322 e. The van der Waals surface area contributed by atoms with Crippen molar-refractivity contribution >= 4 is 45.6 Å². The normalized spacial score (nSPS) is 11.9. The van der Waals surface area contributed by atoms with Crippen LogP contribution in [-0.4, -0.2) is 26.6 Å². The van der Waals surface area contributed by atoms with Crippen molar-refractivity contribution in [2.45, 2.75) is 19.8 Å². The monoisotopic (exact) mass is 539 g/mol. The van der Waals surface area contributed by atoms with Crippen LogP contribution in [0.5, 0.6) is 0 Å². The Morgan fingerprint density at radius 2 is 1.68 bits per heavy atom. The second-order valence-electron chi connectivity index (χ2n) is 8.92. The highest BCUT2D eigenvalue weighted by Gasteiger charge is 2.30. The van der Waals surface area contributed by atoms with E-state index in [0.717, 1.165) is 45.9 Å². The molecule has 0 radical (unpaired) electrons. The first-order chi connectivity index (χ1) is 18.5. The summed E-state index contributed by atoms with van der Waals surface area (Å²) in [6, 6.07) is 24.5. The van der Waals surface area contributed by atoms with E-state index in [1.165, 1.54) is 18.3 Å². The molecular formula is C29H22ClN5O2S. The van der Waals surface area contributed by atoms with Crippen molar-refractivity contribution in [3.05, 3.63) is 101 Å². The van der Waals surface area contributed by atoms with Gasteiger partial charge in [0.2, 0.25) is 5.91 Å². The van der Waals surface area contributed by atoms with E-state index >= 15 is 0 Å². The van der Waals surface area contributed by atoms with Crippen molar-refractivity contribution in [3.8, 4) is 27.5 Å². The predicted octanol–water partition coefficient (Wildman–Crippen LogP) is 6.63. The highest BCUT2D eigenvalue weighted by atomic mass is 35.5. The van der Waals surface area contributed by atoms with E-state index in [1.54, 1.807) is 12.1 Å². The molecule has 2 aromatic heterocycles. The van der Waals surface area contributed by atoms with Gasteiger partial charge in [0, 0.05) is 29.3 Å². The molecule has 1 aliphatic carbocycles. The van der Waals surface area contributed by atoms with Crippen LogP contribution in [0.2, 0.25) is 5.02 Å². The third-order valence-electron chi connectivity index (χ3n) is 6.31. The molecule has 2 N–H and O–H groups in total. The molecule has 9 heteroatoms. The first kappa shape index (κ1) is 24.1. The van der Waals surface area contributed by atoms with Gasteiger partial charge in [-0.3, -0.25) is 9.59 Å². The summed E-state index contributed by atoms with van der Waals surface area (Å²) in [5.74, 6) is -0.413. The quantitative estimate of drug-likeness (QED) is 0.262. The lowest BCUT2D eigenvalue weighted by Gasteiger charge is -2.15. The van der Waals surface area contributed by atoms with Gasteiger partial charge in [0.05, 0.1) is 32.7 Å². The van der Waals surface area contributed by atoms with Gasteiger partial charge in [-0.2, -0.15) is 5.10 Å². The molecule has 0 unspecified atom stereocenters. The number of hydrogen-bond acceptors (Lipinski definition) is 5. The summed E-state index contributed by atoms with van der Waals surface area (Å²) in [6.45, 7) is 1.47. The Labute approximate surface area is 228 Å². The van der Waals surface area contributed by atoms with Gasteiger partial charge in [0.25, 0.3) is 5.91 Å². The molecule has 7 nitrogen and oxygen atoms in total. The van der Waals surface area contributed by atoms with Crippen LogP contribution in [0, 0.1) is 0 Å². The number of halogens is 1. The third-order valence-corrected chi connectivity index (χ3v) is 7.63. The molecule has 5 aromatic rings. The first-order valence-electron chi connectivity index (χ1n) is 12.1. The minimum absolute atomic E-state index is 0.165. The summed E-state index contributed by atoms with van der Waals surface area (Å²) in [6.07, 6.45) is 1.50. The molecule has 0 fully saturated rings. The second kappa shape index (κ2) is 9.89. The van der Waals surface area contributed by atoms with E-state index < -0.39 is 0 Å². The van der Waals surface area contributed by atoms with Gasteiger partial charge in [0.15, 0.2) is 5.13 Å². The number of aromatic nitrogens is 3. The Morgan fingerprint density at radius 3 is 2.39 bits per heavy atom. The molecule has 0 spiro atoms. The van der Waals surface area contributed by atoms with Crippen molar-refractivity contribution in [3.63, 3.8) is 0 Å². The molecule has 2 amide bonds. The molecule has 0 bridgehead atoms. The van der Waals surface area contributed by atoms with E-state index in [-0.39, 0.29) is 11.8 Å². The number of carbonyl (C=O) groups is 2. The van der Waals surface area contributed by atoms with Crippen LogP contribution in [-0.2, 0) is 17.6 Å². The van der Waals surface area contributed by atoms with Gasteiger partial charge in [-0.15, -0.1) is 0 Å². The van der Waals surface area contributed by atoms with Crippen molar-refractivity contribution in [2.24, 2.45) is 0 Å². The fraction of sp³-hybridized carbons (Fsp3) is 0.103. The number of amides is 2. The number of benzene rings is 3. The number of nitrogens with zero attached hydrogens (tertiary/aromatic N) is 3. The maximum Gasteiger partial charge on any atom is 0.255 e. The summed E-state index contributed by atoms with van der Waals surface area (Å²) >= 11 is 8.23. The van der Waals surface area contributed by atoms with Crippen LogP contribution >= 0.6 is 22.9 Å². The van der Waals surface area contributed by atoms with Gasteiger partial charge in [-0.1, -0.05) is 71.5 Å². The van der Waals surface area contributed by atoms with Gasteiger partial charge in [-0.25, -0.2) is 9.67 Å². The Kier molecular flexibility index (Phi) is 6.27. The lowest BCUT2D eigenvalue weighted by molar-refractivity contribution is -0.114. The van der Waals surface area contributed by atoms with Crippen LogP contribution < -0.4 is 10.6 Å². The molecule has 2 heterocycles. The number of thiazole rings is 1. The zero-order valence-electron chi connectivity index (χ0n) is 20.4.